The number of morpholine rings is 1. The second-order valence-electron chi connectivity index (χ2n) is 7.55. The van der Waals surface area contributed by atoms with E-state index < -0.39 is 0 Å². The molecule has 2 heterocycles. The van der Waals surface area contributed by atoms with Crippen LogP contribution in [0.15, 0.2) is 23.2 Å². The largest absolute Gasteiger partial charge is 0.486 e. The van der Waals surface area contributed by atoms with E-state index in [4.69, 9.17) is 19.2 Å². The van der Waals surface area contributed by atoms with Crippen molar-refractivity contribution >= 4 is 5.96 Å². The van der Waals surface area contributed by atoms with E-state index in [1.165, 1.54) is 5.56 Å². The minimum atomic E-state index is 0.509. The number of guanidine groups is 1. The number of hydrogen-bond donors (Lipinski definition) is 1. The molecule has 0 amide bonds. The van der Waals surface area contributed by atoms with Crippen molar-refractivity contribution in [2.45, 2.75) is 20.4 Å². The van der Waals surface area contributed by atoms with E-state index in [9.17, 15) is 0 Å². The fourth-order valence-corrected chi connectivity index (χ4v) is 3.53. The average Bonchev–Trinajstić information content (AvgIpc) is 2.71. The minimum Gasteiger partial charge on any atom is -0.486 e. The third kappa shape index (κ3) is 6.01. The van der Waals surface area contributed by atoms with E-state index in [0.29, 0.717) is 19.1 Å². The Hall–Kier alpha value is -1.99. The highest BCUT2D eigenvalue weighted by Crippen LogP contribution is 2.31. The van der Waals surface area contributed by atoms with Crippen molar-refractivity contribution in [2.75, 3.05) is 66.2 Å². The summed E-state index contributed by atoms with van der Waals surface area (Å²) in [5.74, 6) is 3.11. The van der Waals surface area contributed by atoms with Crippen LogP contribution in [0.3, 0.4) is 0 Å². The van der Waals surface area contributed by atoms with Gasteiger partial charge in [-0.25, -0.2) is 0 Å². The first-order valence-corrected chi connectivity index (χ1v) is 10.3. The predicted octanol–water partition coefficient (Wildman–Crippen LogP) is 1.82. The highest BCUT2D eigenvalue weighted by molar-refractivity contribution is 5.79. The molecule has 156 valence electrons. The van der Waals surface area contributed by atoms with E-state index in [1.807, 2.05) is 6.07 Å². The van der Waals surface area contributed by atoms with Crippen molar-refractivity contribution in [3.05, 3.63) is 23.8 Å². The van der Waals surface area contributed by atoms with Crippen LogP contribution in [-0.4, -0.2) is 82.0 Å². The van der Waals surface area contributed by atoms with Crippen molar-refractivity contribution in [1.82, 2.24) is 15.1 Å². The molecule has 1 fully saturated rings. The summed E-state index contributed by atoms with van der Waals surface area (Å²) in [5.41, 5.74) is 1.18. The molecule has 0 saturated carbocycles. The smallest absolute Gasteiger partial charge is 0.193 e. The standard InChI is InChI=1S/C21H34N4O3/c1-4-22-21(23-14-17(2)15-25-7-9-26-10-8-25)24(3)16-18-5-6-19-20(13-18)28-12-11-27-19/h5-6,13,17H,4,7-12,14-16H2,1-3H3,(H,22,23). The van der Waals surface area contributed by atoms with Gasteiger partial charge in [-0.3, -0.25) is 9.89 Å². The summed E-state index contributed by atoms with van der Waals surface area (Å²) in [6, 6.07) is 6.15. The molecule has 2 aliphatic rings. The van der Waals surface area contributed by atoms with Crippen molar-refractivity contribution in [1.29, 1.82) is 0 Å². The van der Waals surface area contributed by atoms with Crippen LogP contribution < -0.4 is 14.8 Å². The van der Waals surface area contributed by atoms with Gasteiger partial charge in [-0.1, -0.05) is 13.0 Å². The SMILES string of the molecule is CCNC(=NCC(C)CN1CCOCC1)N(C)Cc1ccc2c(c1)OCCO2. The Morgan fingerprint density at radius 2 is 1.93 bits per heavy atom. The predicted molar refractivity (Wildman–Crippen MR) is 111 cm³/mol. The van der Waals surface area contributed by atoms with Gasteiger partial charge in [-0.2, -0.15) is 0 Å². The number of rotatable bonds is 7. The van der Waals surface area contributed by atoms with Crippen molar-refractivity contribution in [3.63, 3.8) is 0 Å². The number of aliphatic imine (C=N–C) groups is 1. The van der Waals surface area contributed by atoms with Gasteiger partial charge in [0.1, 0.15) is 13.2 Å². The molecule has 2 aliphatic heterocycles. The van der Waals surface area contributed by atoms with E-state index in [2.05, 4.69) is 48.1 Å². The minimum absolute atomic E-state index is 0.509. The van der Waals surface area contributed by atoms with Crippen LogP contribution in [0, 0.1) is 5.92 Å². The zero-order chi connectivity index (χ0) is 19.8. The number of benzene rings is 1. The Bertz CT molecular complexity index is 647. The summed E-state index contributed by atoms with van der Waals surface area (Å²) >= 11 is 0. The fraction of sp³-hybridized carbons (Fsp3) is 0.667. The fourth-order valence-electron chi connectivity index (χ4n) is 3.53. The molecule has 1 N–H and O–H groups in total. The Morgan fingerprint density at radius 3 is 2.68 bits per heavy atom. The van der Waals surface area contributed by atoms with Gasteiger partial charge in [0, 0.05) is 46.3 Å². The molecule has 0 aromatic heterocycles. The second kappa shape index (κ2) is 10.5. The summed E-state index contributed by atoms with van der Waals surface area (Å²) in [7, 11) is 2.07. The maximum Gasteiger partial charge on any atom is 0.193 e. The quantitative estimate of drug-likeness (QED) is 0.566. The Balaban J connectivity index is 1.56. The molecule has 1 unspecified atom stereocenters. The van der Waals surface area contributed by atoms with Crippen molar-refractivity contribution in [3.8, 4) is 11.5 Å². The van der Waals surface area contributed by atoms with E-state index in [1.54, 1.807) is 0 Å². The van der Waals surface area contributed by atoms with Crippen molar-refractivity contribution < 1.29 is 14.2 Å². The molecule has 0 aliphatic carbocycles. The lowest BCUT2D eigenvalue weighted by atomic mass is 10.1. The molecule has 1 aromatic carbocycles. The zero-order valence-electron chi connectivity index (χ0n) is 17.4. The van der Waals surface area contributed by atoms with E-state index >= 15 is 0 Å². The monoisotopic (exact) mass is 390 g/mol. The van der Waals surface area contributed by atoms with Gasteiger partial charge in [-0.15, -0.1) is 0 Å². The Morgan fingerprint density at radius 1 is 1.18 bits per heavy atom. The first kappa shape index (κ1) is 20.7. The van der Waals surface area contributed by atoms with Gasteiger partial charge < -0.3 is 24.4 Å². The molecule has 7 nitrogen and oxygen atoms in total. The molecule has 3 rings (SSSR count). The highest BCUT2D eigenvalue weighted by atomic mass is 16.6. The highest BCUT2D eigenvalue weighted by Gasteiger charge is 2.15. The van der Waals surface area contributed by atoms with Gasteiger partial charge >= 0.3 is 0 Å². The summed E-state index contributed by atoms with van der Waals surface area (Å²) < 4.78 is 16.7. The van der Waals surface area contributed by atoms with Gasteiger partial charge in [0.05, 0.1) is 13.2 Å². The van der Waals surface area contributed by atoms with Crippen LogP contribution in [0.25, 0.3) is 0 Å². The summed E-state index contributed by atoms with van der Waals surface area (Å²) in [4.78, 5) is 9.51. The lowest BCUT2D eigenvalue weighted by molar-refractivity contribution is 0.0323. The molecule has 0 spiro atoms. The molecular formula is C21H34N4O3. The third-order valence-corrected chi connectivity index (χ3v) is 4.95. The number of nitrogens with zero attached hydrogens (tertiary/aromatic N) is 3. The van der Waals surface area contributed by atoms with Gasteiger partial charge in [0.2, 0.25) is 0 Å². The molecule has 1 saturated heterocycles. The van der Waals surface area contributed by atoms with E-state index in [-0.39, 0.29) is 0 Å². The van der Waals surface area contributed by atoms with Crippen LogP contribution in [-0.2, 0) is 11.3 Å². The number of fused-ring (bicyclic) bond motifs is 1. The molecular weight excluding hydrogens is 356 g/mol. The lowest BCUT2D eigenvalue weighted by Gasteiger charge is -2.29. The number of hydrogen-bond acceptors (Lipinski definition) is 5. The molecule has 28 heavy (non-hydrogen) atoms. The first-order valence-electron chi connectivity index (χ1n) is 10.3. The van der Waals surface area contributed by atoms with Gasteiger partial charge in [0.15, 0.2) is 17.5 Å². The Labute approximate surface area is 168 Å². The Kier molecular flexibility index (Phi) is 7.80. The summed E-state index contributed by atoms with van der Waals surface area (Å²) in [5, 5.41) is 3.41. The number of nitrogens with one attached hydrogen (secondary N) is 1. The van der Waals surface area contributed by atoms with Crippen molar-refractivity contribution in [2.24, 2.45) is 10.9 Å². The van der Waals surface area contributed by atoms with Crippen LogP contribution in [0.2, 0.25) is 0 Å². The van der Waals surface area contributed by atoms with Crippen LogP contribution in [0.1, 0.15) is 19.4 Å². The molecule has 1 atom stereocenters. The normalized spacial score (nSPS) is 18.6. The van der Waals surface area contributed by atoms with Gasteiger partial charge in [0.25, 0.3) is 0 Å². The second-order valence-corrected chi connectivity index (χ2v) is 7.55. The topological polar surface area (TPSA) is 58.6 Å². The average molecular weight is 391 g/mol. The van der Waals surface area contributed by atoms with Crippen LogP contribution in [0.4, 0.5) is 0 Å². The maximum absolute atomic E-state index is 5.70. The number of ether oxygens (including phenoxy) is 3. The summed E-state index contributed by atoms with van der Waals surface area (Å²) in [6.07, 6.45) is 0. The molecule has 0 bridgehead atoms. The van der Waals surface area contributed by atoms with E-state index in [0.717, 1.165) is 69.9 Å². The third-order valence-electron chi connectivity index (χ3n) is 4.95. The lowest BCUT2D eigenvalue weighted by Crippen LogP contribution is -2.40. The zero-order valence-corrected chi connectivity index (χ0v) is 17.4. The summed E-state index contributed by atoms with van der Waals surface area (Å²) in [6.45, 7) is 12.8. The molecule has 7 heteroatoms. The van der Waals surface area contributed by atoms with Gasteiger partial charge in [-0.05, 0) is 30.5 Å². The molecule has 0 radical (unpaired) electrons. The first-order chi connectivity index (χ1) is 13.7. The maximum atomic E-state index is 5.70. The molecule has 1 aromatic rings. The van der Waals surface area contributed by atoms with Crippen LogP contribution in [0.5, 0.6) is 11.5 Å². The van der Waals surface area contributed by atoms with Crippen LogP contribution >= 0.6 is 0 Å².